The summed E-state index contributed by atoms with van der Waals surface area (Å²) in [6.45, 7) is 2.76. The van der Waals surface area contributed by atoms with Crippen LogP contribution in [0.2, 0.25) is 0 Å². The molecule has 0 aromatic rings. The third-order valence-electron chi connectivity index (χ3n) is 5.56. The molecular weight excluding hydrogens is 414 g/mol. The van der Waals surface area contributed by atoms with Crippen LogP contribution < -0.4 is 0 Å². The Kier molecular flexibility index (Phi) is 19.9. The number of nitrogens with zero attached hydrogens (tertiary/aromatic N) is 1. The van der Waals surface area contributed by atoms with Gasteiger partial charge in [0, 0.05) is 6.42 Å². The van der Waals surface area contributed by atoms with Crippen molar-refractivity contribution in [1.82, 2.24) is 0 Å². The standard InChI is InChI=1S/C28H51NO4/c1-5-6-7-8-9-10-11-12-13-14-15-16-17-18-19-20-21-22-23-28(32)33-26(24-27(30)31)25-29(2,3)4/h13-16,26H,5-12,17-25H2,1-4H3/p+1/b14-13+,16-15+. The molecule has 0 saturated heterocycles. The van der Waals surface area contributed by atoms with Gasteiger partial charge < -0.3 is 14.3 Å². The molecule has 5 nitrogen and oxygen atoms in total. The number of allylic oxidation sites excluding steroid dienone is 4. The van der Waals surface area contributed by atoms with Crippen molar-refractivity contribution >= 4 is 11.9 Å². The molecule has 0 bridgehead atoms. The lowest BCUT2D eigenvalue weighted by molar-refractivity contribution is -0.873. The highest BCUT2D eigenvalue weighted by Crippen LogP contribution is 2.11. The van der Waals surface area contributed by atoms with E-state index in [1.54, 1.807) is 0 Å². The van der Waals surface area contributed by atoms with E-state index in [4.69, 9.17) is 9.84 Å². The highest BCUT2D eigenvalue weighted by atomic mass is 16.5. The van der Waals surface area contributed by atoms with Crippen LogP contribution in [0.4, 0.5) is 0 Å². The molecule has 0 rings (SSSR count). The molecule has 0 aromatic heterocycles. The fourth-order valence-electron chi connectivity index (χ4n) is 3.82. The number of rotatable bonds is 22. The molecule has 0 aliphatic rings. The number of likely N-dealkylation sites (N-methyl/N-ethyl adjacent to an activating group) is 1. The van der Waals surface area contributed by atoms with Gasteiger partial charge in [-0.3, -0.25) is 9.59 Å². The molecule has 0 amide bonds. The van der Waals surface area contributed by atoms with Gasteiger partial charge in [0.15, 0.2) is 6.10 Å². The number of hydrogen-bond acceptors (Lipinski definition) is 3. The van der Waals surface area contributed by atoms with E-state index in [9.17, 15) is 9.59 Å². The summed E-state index contributed by atoms with van der Waals surface area (Å²) in [4.78, 5) is 23.1. The number of hydrogen-bond donors (Lipinski definition) is 1. The van der Waals surface area contributed by atoms with Crippen molar-refractivity contribution in [3.63, 3.8) is 0 Å². The lowest BCUT2D eigenvalue weighted by Crippen LogP contribution is -2.43. The van der Waals surface area contributed by atoms with Gasteiger partial charge >= 0.3 is 11.9 Å². The average Bonchev–Trinajstić information content (AvgIpc) is 2.71. The number of ether oxygens (including phenoxy) is 1. The van der Waals surface area contributed by atoms with E-state index >= 15 is 0 Å². The van der Waals surface area contributed by atoms with Crippen LogP contribution in [-0.2, 0) is 14.3 Å². The maximum atomic E-state index is 12.1. The molecule has 0 aromatic carbocycles. The van der Waals surface area contributed by atoms with Gasteiger partial charge in [-0.15, -0.1) is 0 Å². The van der Waals surface area contributed by atoms with Crippen molar-refractivity contribution in [2.24, 2.45) is 0 Å². The van der Waals surface area contributed by atoms with Crippen molar-refractivity contribution < 1.29 is 23.9 Å². The van der Waals surface area contributed by atoms with Gasteiger partial charge in [-0.1, -0.05) is 89.0 Å². The zero-order valence-electron chi connectivity index (χ0n) is 22.0. The van der Waals surface area contributed by atoms with E-state index in [1.165, 1.54) is 64.2 Å². The largest absolute Gasteiger partial charge is 0.481 e. The second kappa shape index (κ2) is 20.9. The molecule has 1 atom stereocenters. The van der Waals surface area contributed by atoms with Crippen molar-refractivity contribution in [2.75, 3.05) is 27.7 Å². The molecule has 0 fully saturated rings. The van der Waals surface area contributed by atoms with E-state index in [1.807, 2.05) is 21.1 Å². The third-order valence-corrected chi connectivity index (χ3v) is 5.56. The predicted molar refractivity (Wildman–Crippen MR) is 138 cm³/mol. The number of quaternary nitrogens is 1. The number of carbonyl (C=O) groups excluding carboxylic acids is 1. The topological polar surface area (TPSA) is 63.6 Å². The van der Waals surface area contributed by atoms with Gasteiger partial charge in [0.25, 0.3) is 0 Å². The second-order valence-corrected chi connectivity index (χ2v) is 10.3. The molecule has 1 unspecified atom stereocenters. The minimum atomic E-state index is -0.932. The lowest BCUT2D eigenvalue weighted by atomic mass is 10.1. The van der Waals surface area contributed by atoms with Crippen LogP contribution in [0.3, 0.4) is 0 Å². The van der Waals surface area contributed by atoms with Gasteiger partial charge in [0.1, 0.15) is 6.54 Å². The first-order chi connectivity index (χ1) is 15.7. The van der Waals surface area contributed by atoms with Crippen molar-refractivity contribution in [3.05, 3.63) is 24.3 Å². The van der Waals surface area contributed by atoms with E-state index in [0.717, 1.165) is 25.7 Å². The Morgan fingerprint density at radius 3 is 1.76 bits per heavy atom. The minimum Gasteiger partial charge on any atom is -0.481 e. The Morgan fingerprint density at radius 2 is 1.27 bits per heavy atom. The Bertz CT molecular complexity index is 549. The zero-order valence-corrected chi connectivity index (χ0v) is 22.0. The quantitative estimate of drug-likeness (QED) is 0.0802. The van der Waals surface area contributed by atoms with Crippen LogP contribution in [0, 0.1) is 0 Å². The number of carboxylic acid groups (broad SMARTS) is 1. The Morgan fingerprint density at radius 1 is 0.788 bits per heavy atom. The highest BCUT2D eigenvalue weighted by Gasteiger charge is 2.24. The van der Waals surface area contributed by atoms with Crippen LogP contribution in [0.15, 0.2) is 24.3 Å². The Hall–Kier alpha value is -1.62. The SMILES string of the molecule is CCCCCCCCC/C=C/C=C/CCCCCCCC(=O)OC(CC(=O)O)C[N+](C)(C)C. The van der Waals surface area contributed by atoms with Crippen LogP contribution in [0.25, 0.3) is 0 Å². The fraction of sp³-hybridized carbons (Fsp3) is 0.786. The molecule has 1 N–H and O–H groups in total. The molecule has 0 heterocycles. The summed E-state index contributed by atoms with van der Waals surface area (Å²) < 4.78 is 5.98. The van der Waals surface area contributed by atoms with Gasteiger partial charge in [0.2, 0.25) is 0 Å². The molecule has 33 heavy (non-hydrogen) atoms. The summed E-state index contributed by atoms with van der Waals surface area (Å²) in [6, 6.07) is 0. The molecule has 0 aliphatic carbocycles. The van der Waals surface area contributed by atoms with Gasteiger partial charge in [-0.05, 0) is 32.1 Å². The monoisotopic (exact) mass is 466 g/mol. The number of carbonyl (C=O) groups is 2. The van der Waals surface area contributed by atoms with E-state index < -0.39 is 12.1 Å². The minimum absolute atomic E-state index is 0.136. The first kappa shape index (κ1) is 31.4. The zero-order chi connectivity index (χ0) is 24.8. The first-order valence-corrected chi connectivity index (χ1v) is 13.3. The maximum absolute atomic E-state index is 12.1. The smallest absolute Gasteiger partial charge is 0.307 e. The molecule has 192 valence electrons. The number of carboxylic acids is 1. The van der Waals surface area contributed by atoms with E-state index in [-0.39, 0.29) is 12.4 Å². The molecule has 5 heteroatoms. The summed E-state index contributed by atoms with van der Waals surface area (Å²) in [5.41, 5.74) is 0. The molecule has 0 saturated carbocycles. The van der Waals surface area contributed by atoms with Gasteiger partial charge in [-0.2, -0.15) is 0 Å². The summed E-state index contributed by atoms with van der Waals surface area (Å²) >= 11 is 0. The highest BCUT2D eigenvalue weighted by molar-refractivity contribution is 5.71. The van der Waals surface area contributed by atoms with Crippen molar-refractivity contribution in [2.45, 2.75) is 116 Å². The van der Waals surface area contributed by atoms with E-state index in [0.29, 0.717) is 17.4 Å². The average molecular weight is 467 g/mol. The number of unbranched alkanes of at least 4 members (excludes halogenated alkanes) is 12. The van der Waals surface area contributed by atoms with Crippen molar-refractivity contribution in [3.8, 4) is 0 Å². The van der Waals surface area contributed by atoms with Crippen LogP contribution in [0.5, 0.6) is 0 Å². The summed E-state index contributed by atoms with van der Waals surface area (Å²) in [5, 5.41) is 9.03. The lowest BCUT2D eigenvalue weighted by Gasteiger charge is -2.28. The predicted octanol–water partition coefficient (Wildman–Crippen LogP) is 7.06. The molecular formula is C28H52NO4+. The first-order valence-electron chi connectivity index (χ1n) is 13.3. The number of aliphatic carboxylic acids is 1. The van der Waals surface area contributed by atoms with Gasteiger partial charge in [-0.25, -0.2) is 0 Å². The summed E-state index contributed by atoms with van der Waals surface area (Å²) in [6.07, 6.45) is 25.7. The molecule has 0 spiro atoms. The van der Waals surface area contributed by atoms with Crippen LogP contribution in [-0.4, -0.2) is 55.3 Å². The summed E-state index contributed by atoms with van der Waals surface area (Å²) in [5.74, 6) is -1.21. The fourth-order valence-corrected chi connectivity index (χ4v) is 3.82. The van der Waals surface area contributed by atoms with E-state index in [2.05, 4.69) is 31.2 Å². The Labute approximate surface area is 203 Å². The van der Waals surface area contributed by atoms with Crippen LogP contribution in [0.1, 0.15) is 110 Å². The number of esters is 1. The second-order valence-electron chi connectivity index (χ2n) is 10.3. The van der Waals surface area contributed by atoms with Crippen LogP contribution >= 0.6 is 0 Å². The third kappa shape index (κ3) is 24.8. The van der Waals surface area contributed by atoms with Crippen molar-refractivity contribution in [1.29, 1.82) is 0 Å². The summed E-state index contributed by atoms with van der Waals surface area (Å²) in [7, 11) is 5.89. The molecule has 0 radical (unpaired) electrons. The maximum Gasteiger partial charge on any atom is 0.307 e. The molecule has 0 aliphatic heterocycles. The Balaban J connectivity index is 3.65. The normalized spacial score (nSPS) is 13.1. The van der Waals surface area contributed by atoms with Gasteiger partial charge in [0.05, 0.1) is 27.6 Å².